The van der Waals surface area contributed by atoms with Gasteiger partial charge in [0, 0.05) is 32.7 Å². The first kappa shape index (κ1) is 19.8. The lowest BCUT2D eigenvalue weighted by atomic mass is 10.2. The number of nitrogens with zero attached hydrogens (tertiary/aromatic N) is 4. The molecular weight excluding hydrogens is 384 g/mol. The summed E-state index contributed by atoms with van der Waals surface area (Å²) in [6.45, 7) is 5.65. The van der Waals surface area contributed by atoms with Gasteiger partial charge in [-0.05, 0) is 35.5 Å². The van der Waals surface area contributed by atoms with Gasteiger partial charge in [0.05, 0.1) is 20.2 Å². The summed E-state index contributed by atoms with van der Waals surface area (Å²) in [4.78, 5) is 5.28. The van der Waals surface area contributed by atoms with E-state index in [-0.39, 0.29) is 0 Å². The highest BCUT2D eigenvalue weighted by Gasteiger charge is 2.18. The molecule has 6 nitrogen and oxygen atoms in total. The smallest absolute Gasteiger partial charge is 0.288 e. The molecule has 7 heteroatoms. The van der Waals surface area contributed by atoms with Gasteiger partial charge in [0.1, 0.15) is 5.75 Å². The van der Waals surface area contributed by atoms with E-state index in [0.717, 1.165) is 38.5 Å². The normalized spacial score (nSPS) is 15.5. The minimum atomic E-state index is 0.441. The predicted octanol–water partition coefficient (Wildman–Crippen LogP) is 3.58. The Morgan fingerprint density at radius 3 is 2.31 bits per heavy atom. The average Bonchev–Trinajstić information content (AvgIpc) is 3.09. The highest BCUT2D eigenvalue weighted by atomic mass is 32.1. The van der Waals surface area contributed by atoms with Crippen LogP contribution in [0.15, 0.2) is 59.0 Å². The lowest BCUT2D eigenvalue weighted by Gasteiger charge is -2.34. The van der Waals surface area contributed by atoms with Crippen molar-refractivity contribution in [2.75, 3.05) is 33.3 Å². The Bertz CT molecular complexity index is 960. The molecule has 1 aliphatic rings. The van der Waals surface area contributed by atoms with Gasteiger partial charge in [-0.2, -0.15) is 0 Å². The fourth-order valence-electron chi connectivity index (χ4n) is 3.55. The van der Waals surface area contributed by atoms with Gasteiger partial charge in [0.15, 0.2) is 0 Å². The molecule has 0 spiro atoms. The zero-order valence-electron chi connectivity index (χ0n) is 16.7. The van der Waals surface area contributed by atoms with Crippen molar-refractivity contribution in [2.24, 2.45) is 0 Å². The monoisotopic (exact) mass is 410 g/mol. The minimum Gasteiger partial charge on any atom is -0.497 e. The molecule has 2 aromatic carbocycles. The van der Waals surface area contributed by atoms with Crippen molar-refractivity contribution >= 4 is 12.2 Å². The highest BCUT2D eigenvalue weighted by molar-refractivity contribution is 7.71. The average molecular weight is 411 g/mol. The molecule has 0 amide bonds. The van der Waals surface area contributed by atoms with Gasteiger partial charge < -0.3 is 9.15 Å². The highest BCUT2D eigenvalue weighted by Crippen LogP contribution is 2.15. The Balaban J connectivity index is 1.28. The number of hydrogen-bond donors (Lipinski definition) is 0. The molecule has 152 valence electrons. The molecule has 0 saturated carbocycles. The molecule has 0 bridgehead atoms. The zero-order valence-corrected chi connectivity index (χ0v) is 17.5. The molecule has 1 saturated heterocycles. The van der Waals surface area contributed by atoms with E-state index in [1.165, 1.54) is 11.1 Å². The fourth-order valence-corrected chi connectivity index (χ4v) is 3.74. The topological polar surface area (TPSA) is 46.7 Å². The molecule has 4 rings (SSSR count). The Morgan fingerprint density at radius 2 is 1.62 bits per heavy atom. The summed E-state index contributed by atoms with van der Waals surface area (Å²) in [5, 5.41) is 4.58. The molecule has 2 heterocycles. The van der Waals surface area contributed by atoms with Crippen LogP contribution >= 0.6 is 12.2 Å². The summed E-state index contributed by atoms with van der Waals surface area (Å²) in [5.41, 5.74) is 2.48. The number of ether oxygens (including phenoxy) is 1. The molecule has 0 aliphatic carbocycles. The van der Waals surface area contributed by atoms with Crippen LogP contribution in [0, 0.1) is 4.84 Å². The number of rotatable bonds is 7. The second-order valence-corrected chi connectivity index (χ2v) is 7.66. The third-order valence-corrected chi connectivity index (χ3v) is 5.50. The molecule has 0 N–H and O–H groups in total. The van der Waals surface area contributed by atoms with Gasteiger partial charge in [-0.15, -0.1) is 5.10 Å². The quantitative estimate of drug-likeness (QED) is 0.555. The number of hydrogen-bond acceptors (Lipinski definition) is 6. The van der Waals surface area contributed by atoms with Gasteiger partial charge >= 0.3 is 0 Å². The van der Waals surface area contributed by atoms with Gasteiger partial charge in [0.25, 0.3) is 4.84 Å². The number of piperazine rings is 1. The van der Waals surface area contributed by atoms with Crippen LogP contribution in [-0.2, 0) is 19.6 Å². The maximum atomic E-state index is 5.70. The standard InChI is InChI=1S/C22H26N4O2S/c1-27-20-9-7-19(8-10-20)16-24-11-13-25(14-12-24)17-26-22(29)28-21(23-26)15-18-5-3-2-4-6-18/h2-10H,11-17H2,1H3. The fraction of sp³-hybridized carbons (Fsp3) is 0.364. The summed E-state index contributed by atoms with van der Waals surface area (Å²) in [7, 11) is 1.69. The summed E-state index contributed by atoms with van der Waals surface area (Å²) < 4.78 is 12.7. The first-order valence-electron chi connectivity index (χ1n) is 9.88. The van der Waals surface area contributed by atoms with Crippen LogP contribution in [0.4, 0.5) is 0 Å². The lowest BCUT2D eigenvalue weighted by molar-refractivity contribution is 0.0973. The molecule has 3 aromatic rings. The van der Waals surface area contributed by atoms with Crippen LogP contribution in [-0.4, -0.2) is 52.9 Å². The van der Waals surface area contributed by atoms with Crippen molar-refractivity contribution in [3.8, 4) is 5.75 Å². The van der Waals surface area contributed by atoms with Gasteiger partial charge in [-0.1, -0.05) is 42.5 Å². The first-order valence-corrected chi connectivity index (χ1v) is 10.3. The van der Waals surface area contributed by atoms with Crippen LogP contribution in [0.2, 0.25) is 0 Å². The lowest BCUT2D eigenvalue weighted by Crippen LogP contribution is -2.46. The molecule has 29 heavy (non-hydrogen) atoms. The van der Waals surface area contributed by atoms with Gasteiger partial charge in [-0.25, -0.2) is 4.68 Å². The maximum absolute atomic E-state index is 5.70. The second kappa shape index (κ2) is 9.35. The summed E-state index contributed by atoms with van der Waals surface area (Å²) in [5.74, 6) is 1.56. The summed E-state index contributed by atoms with van der Waals surface area (Å²) in [6, 6.07) is 18.5. The van der Waals surface area contributed by atoms with Crippen molar-refractivity contribution in [3.63, 3.8) is 0 Å². The Morgan fingerprint density at radius 1 is 0.931 bits per heavy atom. The SMILES string of the molecule is COc1ccc(CN2CCN(Cn3nc(Cc4ccccc4)oc3=S)CC2)cc1. The number of aromatic nitrogens is 2. The second-order valence-electron chi connectivity index (χ2n) is 7.31. The number of methoxy groups -OCH3 is 1. The van der Waals surface area contributed by atoms with E-state index in [2.05, 4.69) is 39.2 Å². The van der Waals surface area contributed by atoms with Crippen LogP contribution < -0.4 is 4.74 Å². The first-order chi connectivity index (χ1) is 14.2. The Kier molecular flexibility index (Phi) is 6.39. The van der Waals surface area contributed by atoms with Crippen molar-refractivity contribution in [2.45, 2.75) is 19.6 Å². The van der Waals surface area contributed by atoms with E-state index in [9.17, 15) is 0 Å². The van der Waals surface area contributed by atoms with Gasteiger partial charge in [0.2, 0.25) is 5.89 Å². The van der Waals surface area contributed by atoms with Crippen molar-refractivity contribution in [1.29, 1.82) is 0 Å². The Hall–Kier alpha value is -2.48. The molecule has 0 unspecified atom stereocenters. The van der Waals surface area contributed by atoms with Crippen LogP contribution in [0.1, 0.15) is 17.0 Å². The molecule has 1 aliphatic heterocycles. The maximum Gasteiger partial charge on any atom is 0.288 e. The number of benzene rings is 2. The van der Waals surface area contributed by atoms with Crippen molar-refractivity contribution in [1.82, 2.24) is 19.6 Å². The van der Waals surface area contributed by atoms with E-state index in [1.54, 1.807) is 11.8 Å². The zero-order chi connectivity index (χ0) is 20.1. The summed E-state index contributed by atoms with van der Waals surface area (Å²) in [6.07, 6.45) is 0.660. The van der Waals surface area contributed by atoms with E-state index >= 15 is 0 Å². The van der Waals surface area contributed by atoms with Crippen molar-refractivity contribution in [3.05, 3.63) is 76.5 Å². The van der Waals surface area contributed by atoms with E-state index in [0.29, 0.717) is 23.8 Å². The van der Waals surface area contributed by atoms with Crippen LogP contribution in [0.25, 0.3) is 0 Å². The molecular formula is C22H26N4O2S. The van der Waals surface area contributed by atoms with Gasteiger partial charge in [-0.3, -0.25) is 9.80 Å². The molecule has 1 fully saturated rings. The van der Waals surface area contributed by atoms with E-state index < -0.39 is 0 Å². The van der Waals surface area contributed by atoms with E-state index in [4.69, 9.17) is 21.4 Å². The predicted molar refractivity (Wildman–Crippen MR) is 114 cm³/mol. The minimum absolute atomic E-state index is 0.441. The van der Waals surface area contributed by atoms with Crippen molar-refractivity contribution < 1.29 is 9.15 Å². The third kappa shape index (κ3) is 5.32. The third-order valence-electron chi connectivity index (χ3n) is 5.21. The molecule has 1 aromatic heterocycles. The molecule has 0 radical (unpaired) electrons. The van der Waals surface area contributed by atoms with Crippen LogP contribution in [0.5, 0.6) is 5.75 Å². The Labute approximate surface area is 176 Å². The molecule has 0 atom stereocenters. The van der Waals surface area contributed by atoms with E-state index in [1.807, 2.05) is 30.3 Å². The largest absolute Gasteiger partial charge is 0.497 e. The van der Waals surface area contributed by atoms with Crippen LogP contribution in [0.3, 0.4) is 0 Å². The summed E-state index contributed by atoms with van der Waals surface area (Å²) >= 11 is 5.37.